The molecule has 110 valence electrons. The zero-order valence-corrected chi connectivity index (χ0v) is 12.3. The number of benzene rings is 1. The van der Waals surface area contributed by atoms with Crippen LogP contribution in [0.4, 0.5) is 0 Å². The lowest BCUT2D eigenvalue weighted by Crippen LogP contribution is -2.09. The molecule has 0 saturated heterocycles. The van der Waals surface area contributed by atoms with Gasteiger partial charge in [-0.15, -0.1) is 0 Å². The second-order valence-electron chi connectivity index (χ2n) is 4.46. The summed E-state index contributed by atoms with van der Waals surface area (Å²) in [6, 6.07) is 5.61. The maximum atomic E-state index is 8.71. The van der Waals surface area contributed by atoms with E-state index in [0.29, 0.717) is 19.8 Å². The molecule has 1 aromatic rings. The minimum absolute atomic E-state index is 0.148. The summed E-state index contributed by atoms with van der Waals surface area (Å²) in [5.41, 5.74) is 1.76. The van der Waals surface area contributed by atoms with Crippen molar-refractivity contribution in [3.8, 4) is 17.6 Å². The van der Waals surface area contributed by atoms with Crippen LogP contribution in [0.5, 0.6) is 5.75 Å². The van der Waals surface area contributed by atoms with Gasteiger partial charge in [0.25, 0.3) is 0 Å². The number of methoxy groups -OCH3 is 1. The van der Waals surface area contributed by atoms with Gasteiger partial charge in [0, 0.05) is 11.1 Å². The number of hydrogen-bond acceptors (Lipinski definition) is 4. The normalized spacial score (nSPS) is 10.2. The van der Waals surface area contributed by atoms with Crippen LogP contribution in [0.1, 0.15) is 25.0 Å². The molecule has 0 bridgehead atoms. The summed E-state index contributed by atoms with van der Waals surface area (Å²) in [6.45, 7) is 5.39. The summed E-state index contributed by atoms with van der Waals surface area (Å²) in [6.07, 6.45) is 0.213. The summed E-state index contributed by atoms with van der Waals surface area (Å²) >= 11 is 0. The Morgan fingerprint density at radius 3 is 2.70 bits per heavy atom. The third-order valence-electron chi connectivity index (χ3n) is 2.53. The van der Waals surface area contributed by atoms with Crippen molar-refractivity contribution in [2.45, 2.75) is 26.6 Å². The van der Waals surface area contributed by atoms with Gasteiger partial charge in [-0.3, -0.25) is 0 Å². The Kier molecular flexibility index (Phi) is 7.74. The molecule has 0 atom stereocenters. The lowest BCUT2D eigenvalue weighted by molar-refractivity contribution is 0.0139. The lowest BCUT2D eigenvalue weighted by atomic mass is 10.1. The summed E-state index contributed by atoms with van der Waals surface area (Å²) in [5, 5.41) is 8.71. The van der Waals surface area contributed by atoms with Crippen molar-refractivity contribution in [2.24, 2.45) is 0 Å². The number of aliphatic hydroxyl groups is 1. The molecular weight excluding hydrogens is 256 g/mol. The van der Waals surface area contributed by atoms with Crippen LogP contribution in [0, 0.1) is 11.8 Å². The molecule has 0 radical (unpaired) electrons. The van der Waals surface area contributed by atoms with Crippen LogP contribution in [-0.2, 0) is 16.1 Å². The first-order valence-electron chi connectivity index (χ1n) is 6.63. The molecule has 0 spiro atoms. The van der Waals surface area contributed by atoms with E-state index in [4.69, 9.17) is 19.3 Å². The van der Waals surface area contributed by atoms with Gasteiger partial charge in [0.1, 0.15) is 12.4 Å². The highest BCUT2D eigenvalue weighted by Crippen LogP contribution is 2.20. The van der Waals surface area contributed by atoms with Crippen molar-refractivity contribution in [3.05, 3.63) is 29.3 Å². The van der Waals surface area contributed by atoms with Crippen molar-refractivity contribution in [1.82, 2.24) is 0 Å². The zero-order valence-electron chi connectivity index (χ0n) is 12.3. The first-order valence-corrected chi connectivity index (χ1v) is 6.63. The van der Waals surface area contributed by atoms with Gasteiger partial charge >= 0.3 is 0 Å². The van der Waals surface area contributed by atoms with E-state index in [1.54, 1.807) is 7.11 Å². The Labute approximate surface area is 120 Å². The Balaban J connectivity index is 2.57. The Morgan fingerprint density at radius 2 is 2.05 bits per heavy atom. The van der Waals surface area contributed by atoms with Gasteiger partial charge in [-0.05, 0) is 32.0 Å². The average molecular weight is 278 g/mol. The summed E-state index contributed by atoms with van der Waals surface area (Å²) < 4.78 is 16.3. The van der Waals surface area contributed by atoms with E-state index in [1.807, 2.05) is 32.0 Å². The van der Waals surface area contributed by atoms with E-state index in [1.165, 1.54) is 0 Å². The number of aliphatic hydroxyl groups excluding tert-OH is 1. The molecule has 1 aromatic carbocycles. The van der Waals surface area contributed by atoms with Gasteiger partial charge in [0.15, 0.2) is 0 Å². The second kappa shape index (κ2) is 9.38. The molecule has 4 nitrogen and oxygen atoms in total. The minimum Gasteiger partial charge on any atom is -0.496 e. The van der Waals surface area contributed by atoms with E-state index in [0.717, 1.165) is 16.9 Å². The molecule has 4 heteroatoms. The molecule has 0 saturated carbocycles. The molecule has 1 rings (SSSR count). The minimum atomic E-state index is -0.148. The smallest absolute Gasteiger partial charge is 0.124 e. The molecular formula is C16H22O4. The van der Waals surface area contributed by atoms with Crippen molar-refractivity contribution in [2.75, 3.05) is 26.9 Å². The van der Waals surface area contributed by atoms with E-state index in [-0.39, 0.29) is 12.7 Å². The molecule has 0 amide bonds. The van der Waals surface area contributed by atoms with Gasteiger partial charge in [-0.2, -0.15) is 0 Å². The van der Waals surface area contributed by atoms with Crippen molar-refractivity contribution >= 4 is 0 Å². The standard InChI is InChI=1S/C16H22O4/c1-13(2)20-10-9-19-12-15-11-14(5-4-8-17)6-7-16(15)18-3/h6-7,11,13,17H,8-10,12H2,1-3H3. The van der Waals surface area contributed by atoms with Crippen molar-refractivity contribution < 1.29 is 19.3 Å². The van der Waals surface area contributed by atoms with Crippen LogP contribution in [0.15, 0.2) is 18.2 Å². The predicted molar refractivity (Wildman–Crippen MR) is 77.7 cm³/mol. The quantitative estimate of drug-likeness (QED) is 0.612. The van der Waals surface area contributed by atoms with Crippen LogP contribution in [-0.4, -0.2) is 38.1 Å². The zero-order chi connectivity index (χ0) is 14.8. The van der Waals surface area contributed by atoms with E-state index >= 15 is 0 Å². The molecule has 0 heterocycles. The topological polar surface area (TPSA) is 47.9 Å². The van der Waals surface area contributed by atoms with Crippen molar-refractivity contribution in [1.29, 1.82) is 0 Å². The van der Waals surface area contributed by atoms with E-state index in [2.05, 4.69) is 11.8 Å². The SMILES string of the molecule is COc1ccc(C#CCO)cc1COCCOC(C)C. The molecule has 0 unspecified atom stereocenters. The molecule has 0 fully saturated rings. The lowest BCUT2D eigenvalue weighted by Gasteiger charge is -2.11. The molecule has 0 aliphatic carbocycles. The predicted octanol–water partition coefficient (Wildman–Crippen LogP) is 1.98. The van der Waals surface area contributed by atoms with E-state index in [9.17, 15) is 0 Å². The molecule has 20 heavy (non-hydrogen) atoms. The summed E-state index contributed by atoms with van der Waals surface area (Å²) in [5.74, 6) is 6.26. The fourth-order valence-electron chi connectivity index (χ4n) is 1.64. The first kappa shape index (κ1) is 16.5. The highest BCUT2D eigenvalue weighted by Gasteiger charge is 2.04. The van der Waals surface area contributed by atoms with Gasteiger partial charge < -0.3 is 19.3 Å². The van der Waals surface area contributed by atoms with Crippen LogP contribution < -0.4 is 4.74 Å². The highest BCUT2D eigenvalue weighted by molar-refractivity contribution is 5.44. The molecule has 0 aromatic heterocycles. The fraction of sp³-hybridized carbons (Fsp3) is 0.500. The average Bonchev–Trinajstić information content (AvgIpc) is 2.44. The van der Waals surface area contributed by atoms with Crippen LogP contribution in [0.3, 0.4) is 0 Å². The molecule has 0 aliphatic heterocycles. The Bertz CT molecular complexity index is 457. The largest absolute Gasteiger partial charge is 0.496 e. The number of rotatable bonds is 7. The number of ether oxygens (including phenoxy) is 3. The third-order valence-corrected chi connectivity index (χ3v) is 2.53. The third kappa shape index (κ3) is 6.07. The second-order valence-corrected chi connectivity index (χ2v) is 4.46. The van der Waals surface area contributed by atoms with Crippen molar-refractivity contribution in [3.63, 3.8) is 0 Å². The highest BCUT2D eigenvalue weighted by atomic mass is 16.5. The van der Waals surface area contributed by atoms with Crippen LogP contribution >= 0.6 is 0 Å². The maximum absolute atomic E-state index is 8.71. The van der Waals surface area contributed by atoms with Crippen LogP contribution in [0.25, 0.3) is 0 Å². The fourth-order valence-corrected chi connectivity index (χ4v) is 1.64. The van der Waals surface area contributed by atoms with Gasteiger partial charge in [-0.1, -0.05) is 11.8 Å². The monoisotopic (exact) mass is 278 g/mol. The van der Waals surface area contributed by atoms with E-state index < -0.39 is 0 Å². The summed E-state index contributed by atoms with van der Waals surface area (Å²) in [7, 11) is 1.62. The van der Waals surface area contributed by atoms with Gasteiger partial charge in [0.2, 0.25) is 0 Å². The Hall–Kier alpha value is -1.54. The van der Waals surface area contributed by atoms with Crippen LogP contribution in [0.2, 0.25) is 0 Å². The number of hydrogen-bond donors (Lipinski definition) is 1. The summed E-state index contributed by atoms with van der Waals surface area (Å²) in [4.78, 5) is 0. The van der Waals surface area contributed by atoms with Gasteiger partial charge in [-0.25, -0.2) is 0 Å². The Morgan fingerprint density at radius 1 is 1.25 bits per heavy atom. The molecule has 0 aliphatic rings. The first-order chi connectivity index (χ1) is 9.67. The maximum Gasteiger partial charge on any atom is 0.124 e. The van der Waals surface area contributed by atoms with Gasteiger partial charge in [0.05, 0.1) is 33.0 Å². The molecule has 1 N–H and O–H groups in total.